The normalized spacial score (nSPS) is 11.0. The molecule has 2 aromatic heterocycles. The lowest BCUT2D eigenvalue weighted by Crippen LogP contribution is -2.05. The van der Waals surface area contributed by atoms with Crippen molar-refractivity contribution in [1.29, 1.82) is 0 Å². The third-order valence-corrected chi connectivity index (χ3v) is 6.28. The molecule has 0 amide bonds. The van der Waals surface area contributed by atoms with Crippen LogP contribution in [0.25, 0.3) is 21.1 Å². The number of carbonyl (C=O) groups is 1. The minimum absolute atomic E-state index is 0.244. The summed E-state index contributed by atoms with van der Waals surface area (Å²) in [6.45, 7) is 0. The molecular formula is C20H11ClF2N2OS2. The van der Waals surface area contributed by atoms with Gasteiger partial charge in [0.1, 0.15) is 21.6 Å². The van der Waals surface area contributed by atoms with Crippen LogP contribution in [-0.2, 0) is 6.42 Å². The lowest BCUT2D eigenvalue weighted by molar-refractivity contribution is 0.0994. The quantitative estimate of drug-likeness (QED) is 0.348. The molecule has 0 aliphatic rings. The molecule has 0 atom stereocenters. The van der Waals surface area contributed by atoms with Crippen molar-refractivity contribution in [3.8, 4) is 21.1 Å². The maximum absolute atomic E-state index is 13.8. The van der Waals surface area contributed by atoms with Crippen LogP contribution >= 0.6 is 34.3 Å². The second-order valence-electron chi connectivity index (χ2n) is 5.86. The summed E-state index contributed by atoms with van der Waals surface area (Å²) in [5.74, 6) is -1.88. The predicted molar refractivity (Wildman–Crippen MR) is 108 cm³/mol. The van der Waals surface area contributed by atoms with Gasteiger partial charge in [0, 0.05) is 40.9 Å². The first-order valence-electron chi connectivity index (χ1n) is 8.14. The van der Waals surface area contributed by atoms with Gasteiger partial charge in [0.25, 0.3) is 0 Å². The van der Waals surface area contributed by atoms with E-state index >= 15 is 0 Å². The van der Waals surface area contributed by atoms with Crippen LogP contribution in [0.4, 0.5) is 8.78 Å². The van der Waals surface area contributed by atoms with Crippen molar-refractivity contribution in [3.05, 3.63) is 81.3 Å². The van der Waals surface area contributed by atoms with Gasteiger partial charge in [-0.15, -0.1) is 22.7 Å². The molecule has 3 nitrogen and oxygen atoms in total. The molecule has 4 rings (SSSR count). The lowest BCUT2D eigenvalue weighted by atomic mass is 10.1. The van der Waals surface area contributed by atoms with Gasteiger partial charge in [-0.25, -0.2) is 18.7 Å². The smallest absolute Gasteiger partial charge is 0.179 e. The van der Waals surface area contributed by atoms with Gasteiger partial charge in [-0.3, -0.25) is 4.79 Å². The number of aromatic nitrogens is 2. The highest BCUT2D eigenvalue weighted by atomic mass is 35.5. The van der Waals surface area contributed by atoms with E-state index in [1.54, 1.807) is 12.3 Å². The first kappa shape index (κ1) is 18.9. The second kappa shape index (κ2) is 7.87. The molecule has 0 aliphatic heterocycles. The first-order chi connectivity index (χ1) is 13.5. The van der Waals surface area contributed by atoms with Crippen molar-refractivity contribution in [2.75, 3.05) is 0 Å². The molecule has 0 aliphatic carbocycles. The van der Waals surface area contributed by atoms with Gasteiger partial charge in [-0.2, -0.15) is 0 Å². The molecule has 2 heterocycles. The van der Waals surface area contributed by atoms with E-state index in [0.29, 0.717) is 20.5 Å². The molecule has 0 N–H and O–H groups in total. The Morgan fingerprint density at radius 1 is 1.07 bits per heavy atom. The highest BCUT2D eigenvalue weighted by Gasteiger charge is 2.18. The Bertz CT molecular complexity index is 1140. The molecule has 0 saturated heterocycles. The number of benzene rings is 2. The van der Waals surface area contributed by atoms with Gasteiger partial charge < -0.3 is 0 Å². The highest BCUT2D eigenvalue weighted by Crippen LogP contribution is 2.35. The number of nitrogens with zero attached hydrogens (tertiary/aromatic N) is 2. The molecule has 0 bridgehead atoms. The number of ketones is 1. The fourth-order valence-electron chi connectivity index (χ4n) is 2.66. The van der Waals surface area contributed by atoms with Gasteiger partial charge in [0.2, 0.25) is 0 Å². The van der Waals surface area contributed by atoms with E-state index < -0.39 is 17.4 Å². The van der Waals surface area contributed by atoms with Crippen molar-refractivity contribution in [2.45, 2.75) is 6.42 Å². The zero-order chi connectivity index (χ0) is 19.7. The Kier molecular flexibility index (Phi) is 5.30. The summed E-state index contributed by atoms with van der Waals surface area (Å²) in [6.07, 6.45) is 2.76. The summed E-state index contributed by atoms with van der Waals surface area (Å²) >= 11 is 8.96. The maximum atomic E-state index is 13.8. The van der Waals surface area contributed by atoms with Crippen molar-refractivity contribution in [1.82, 2.24) is 9.97 Å². The predicted octanol–water partition coefficient (Wildman–Crippen LogP) is 6.29. The molecule has 0 saturated carbocycles. The average Bonchev–Trinajstić information content (AvgIpc) is 3.37. The third kappa shape index (κ3) is 3.73. The van der Waals surface area contributed by atoms with Gasteiger partial charge >= 0.3 is 0 Å². The molecular weight excluding hydrogens is 422 g/mol. The number of hydrogen-bond acceptors (Lipinski definition) is 5. The summed E-state index contributed by atoms with van der Waals surface area (Å²) in [5, 5.41) is 3.78. The van der Waals surface area contributed by atoms with Crippen LogP contribution in [0, 0.1) is 11.6 Å². The van der Waals surface area contributed by atoms with Crippen molar-refractivity contribution in [2.24, 2.45) is 0 Å². The Morgan fingerprint density at radius 2 is 1.86 bits per heavy atom. The monoisotopic (exact) mass is 432 g/mol. The average molecular weight is 433 g/mol. The van der Waals surface area contributed by atoms with E-state index in [2.05, 4.69) is 9.97 Å². The van der Waals surface area contributed by atoms with E-state index in [4.69, 9.17) is 11.6 Å². The number of halogens is 3. The maximum Gasteiger partial charge on any atom is 0.179 e. The van der Waals surface area contributed by atoms with Crippen molar-refractivity contribution < 1.29 is 13.6 Å². The molecule has 0 radical (unpaired) electrons. The standard InChI is InChI=1S/C20H11ClF2N2OS2/c21-14-5-4-11(19-24-6-7-27-19)8-12(14)20-25-10-18(28-20)17(26)9-13-15(22)2-1-3-16(13)23/h1-8,10H,9H2. The molecule has 2 aromatic carbocycles. The Balaban J connectivity index is 1.63. The van der Waals surface area contributed by atoms with Crippen LogP contribution in [-0.4, -0.2) is 15.8 Å². The van der Waals surface area contributed by atoms with E-state index in [1.165, 1.54) is 23.6 Å². The fourth-order valence-corrected chi connectivity index (χ4v) is 4.45. The Morgan fingerprint density at radius 3 is 2.57 bits per heavy atom. The van der Waals surface area contributed by atoms with E-state index in [1.807, 2.05) is 17.5 Å². The summed E-state index contributed by atoms with van der Waals surface area (Å²) in [4.78, 5) is 21.4. The summed E-state index contributed by atoms with van der Waals surface area (Å²) in [7, 11) is 0. The summed E-state index contributed by atoms with van der Waals surface area (Å²) in [6, 6.07) is 9.02. The largest absolute Gasteiger partial charge is 0.293 e. The molecule has 0 unspecified atom stereocenters. The van der Waals surface area contributed by atoms with Crippen LogP contribution < -0.4 is 0 Å². The molecule has 140 valence electrons. The zero-order valence-electron chi connectivity index (χ0n) is 14.2. The molecule has 28 heavy (non-hydrogen) atoms. The van der Waals surface area contributed by atoms with Gasteiger partial charge in [-0.1, -0.05) is 23.7 Å². The van der Waals surface area contributed by atoms with E-state index in [-0.39, 0.29) is 12.0 Å². The number of rotatable bonds is 5. The summed E-state index contributed by atoms with van der Waals surface area (Å²) in [5.41, 5.74) is 1.33. The van der Waals surface area contributed by atoms with Crippen molar-refractivity contribution in [3.63, 3.8) is 0 Å². The Labute approximate surface area is 172 Å². The van der Waals surface area contributed by atoms with E-state index in [9.17, 15) is 13.6 Å². The Hall–Kier alpha value is -2.48. The molecule has 0 fully saturated rings. The number of carbonyl (C=O) groups excluding carboxylic acids is 1. The number of thiazole rings is 2. The first-order valence-corrected chi connectivity index (χ1v) is 10.2. The van der Waals surface area contributed by atoms with Crippen LogP contribution in [0.15, 0.2) is 54.2 Å². The summed E-state index contributed by atoms with van der Waals surface area (Å²) < 4.78 is 27.6. The minimum atomic E-state index is -0.739. The molecule has 0 spiro atoms. The lowest BCUT2D eigenvalue weighted by Gasteiger charge is -2.04. The minimum Gasteiger partial charge on any atom is -0.293 e. The van der Waals surface area contributed by atoms with E-state index in [0.717, 1.165) is 34.0 Å². The molecule has 8 heteroatoms. The van der Waals surface area contributed by atoms with Gasteiger partial charge in [-0.05, 0) is 24.3 Å². The number of hydrogen-bond donors (Lipinski definition) is 0. The SMILES string of the molecule is O=C(Cc1c(F)cccc1F)c1cnc(-c2cc(-c3nccs3)ccc2Cl)s1. The van der Waals surface area contributed by atoms with Gasteiger partial charge in [0.15, 0.2) is 5.78 Å². The van der Waals surface area contributed by atoms with Crippen LogP contribution in [0.2, 0.25) is 5.02 Å². The van der Waals surface area contributed by atoms with Gasteiger partial charge in [0.05, 0.1) is 9.90 Å². The second-order valence-corrected chi connectivity index (χ2v) is 8.19. The van der Waals surface area contributed by atoms with Crippen LogP contribution in [0.3, 0.4) is 0 Å². The fraction of sp³-hybridized carbons (Fsp3) is 0.0500. The van der Waals surface area contributed by atoms with Crippen LogP contribution in [0.5, 0.6) is 0 Å². The van der Waals surface area contributed by atoms with Crippen LogP contribution in [0.1, 0.15) is 15.2 Å². The van der Waals surface area contributed by atoms with Crippen molar-refractivity contribution >= 4 is 40.1 Å². The highest BCUT2D eigenvalue weighted by molar-refractivity contribution is 7.17. The molecule has 4 aromatic rings. The number of Topliss-reactive ketones (excluding diaryl/α,β-unsaturated/α-hetero) is 1. The zero-order valence-corrected chi connectivity index (χ0v) is 16.5. The topological polar surface area (TPSA) is 42.9 Å². The third-order valence-electron chi connectivity index (χ3n) is 4.06.